The van der Waals surface area contributed by atoms with Gasteiger partial charge in [0.2, 0.25) is 5.91 Å². The molecule has 0 aliphatic carbocycles. The first-order valence-corrected chi connectivity index (χ1v) is 7.20. The molecule has 1 atom stereocenters. The highest BCUT2D eigenvalue weighted by Gasteiger charge is 2.24. The number of hydrazine groups is 1. The van der Waals surface area contributed by atoms with Crippen molar-refractivity contribution in [2.24, 2.45) is 5.92 Å². The van der Waals surface area contributed by atoms with E-state index in [-0.39, 0.29) is 17.7 Å². The van der Waals surface area contributed by atoms with Crippen LogP contribution in [0.3, 0.4) is 0 Å². The van der Waals surface area contributed by atoms with Gasteiger partial charge in [-0.05, 0) is 31.4 Å². The minimum atomic E-state index is -0.264. The third-order valence-corrected chi connectivity index (χ3v) is 4.55. The van der Waals surface area contributed by atoms with Crippen molar-refractivity contribution in [2.75, 3.05) is 13.2 Å². The smallest absolute Gasteiger partial charge is 0.279 e. The first-order chi connectivity index (χ1) is 9.11. The van der Waals surface area contributed by atoms with Crippen LogP contribution >= 0.6 is 11.3 Å². The van der Waals surface area contributed by atoms with E-state index in [0.717, 1.165) is 12.0 Å². The molecule has 1 aromatic rings. The molecular formula is C13H18N2O3S. The van der Waals surface area contributed by atoms with Crippen molar-refractivity contribution in [3.05, 3.63) is 21.4 Å². The van der Waals surface area contributed by atoms with Crippen LogP contribution in [0, 0.1) is 12.8 Å². The molecule has 2 amide bonds. The largest absolute Gasteiger partial charge is 0.381 e. The van der Waals surface area contributed by atoms with Gasteiger partial charge in [0.05, 0.1) is 17.4 Å². The molecule has 1 saturated heterocycles. The Morgan fingerprint density at radius 3 is 2.84 bits per heavy atom. The predicted octanol–water partition coefficient (Wildman–Crippen LogP) is 1.42. The van der Waals surface area contributed by atoms with Crippen molar-refractivity contribution in [3.63, 3.8) is 0 Å². The fraction of sp³-hybridized carbons (Fsp3) is 0.538. The van der Waals surface area contributed by atoms with E-state index >= 15 is 0 Å². The number of aryl methyl sites for hydroxylation is 2. The lowest BCUT2D eigenvalue weighted by Crippen LogP contribution is -2.44. The number of hydrogen-bond donors (Lipinski definition) is 2. The first-order valence-electron chi connectivity index (χ1n) is 6.39. The van der Waals surface area contributed by atoms with Gasteiger partial charge in [0, 0.05) is 11.5 Å². The molecule has 104 valence electrons. The third kappa shape index (κ3) is 3.33. The summed E-state index contributed by atoms with van der Waals surface area (Å²) in [5.74, 6) is -0.605. The molecule has 2 heterocycles. The van der Waals surface area contributed by atoms with Crippen LogP contribution in [0.25, 0.3) is 0 Å². The van der Waals surface area contributed by atoms with Gasteiger partial charge >= 0.3 is 0 Å². The van der Waals surface area contributed by atoms with E-state index in [1.54, 1.807) is 0 Å². The number of hydrogen-bond acceptors (Lipinski definition) is 4. The number of nitrogens with one attached hydrogen (secondary N) is 2. The van der Waals surface area contributed by atoms with Crippen LogP contribution in [0.15, 0.2) is 6.07 Å². The summed E-state index contributed by atoms with van der Waals surface area (Å²) in [6, 6.07) is 1.85. The second-order valence-corrected chi connectivity index (χ2v) is 5.71. The number of carbonyl (C=O) groups excluding carboxylic acids is 2. The van der Waals surface area contributed by atoms with Crippen molar-refractivity contribution in [2.45, 2.75) is 26.7 Å². The normalized spacial score (nSPS) is 18.3. The van der Waals surface area contributed by atoms with E-state index in [9.17, 15) is 9.59 Å². The van der Waals surface area contributed by atoms with E-state index in [4.69, 9.17) is 4.74 Å². The van der Waals surface area contributed by atoms with Gasteiger partial charge in [-0.3, -0.25) is 20.4 Å². The molecule has 0 bridgehead atoms. The molecule has 1 aromatic heterocycles. The van der Waals surface area contributed by atoms with Crippen LogP contribution in [0.1, 0.15) is 33.5 Å². The van der Waals surface area contributed by atoms with Gasteiger partial charge in [-0.15, -0.1) is 11.3 Å². The monoisotopic (exact) mass is 282 g/mol. The average molecular weight is 282 g/mol. The Balaban J connectivity index is 1.88. The highest BCUT2D eigenvalue weighted by Crippen LogP contribution is 2.22. The highest BCUT2D eigenvalue weighted by atomic mass is 32.1. The Morgan fingerprint density at radius 2 is 2.26 bits per heavy atom. The molecule has 1 aliphatic heterocycles. The summed E-state index contributed by atoms with van der Waals surface area (Å²) in [7, 11) is 0. The number of rotatable bonds is 3. The van der Waals surface area contributed by atoms with Crippen molar-refractivity contribution >= 4 is 23.2 Å². The summed E-state index contributed by atoms with van der Waals surface area (Å²) in [5.41, 5.74) is 6.03. The predicted molar refractivity (Wildman–Crippen MR) is 73.0 cm³/mol. The van der Waals surface area contributed by atoms with Gasteiger partial charge in [0.1, 0.15) is 0 Å². The lowest BCUT2D eigenvalue weighted by atomic mass is 10.1. The Morgan fingerprint density at radius 1 is 1.47 bits per heavy atom. The SMILES string of the molecule is CCc1sc(C(=O)NNC(=O)[C@H]2CCOC2)cc1C. The summed E-state index contributed by atoms with van der Waals surface area (Å²) in [6.07, 6.45) is 1.62. The molecule has 1 aliphatic rings. The molecule has 19 heavy (non-hydrogen) atoms. The minimum absolute atomic E-state index is 0.156. The van der Waals surface area contributed by atoms with E-state index in [1.165, 1.54) is 16.2 Å². The molecule has 6 heteroatoms. The Labute approximate surface area is 116 Å². The van der Waals surface area contributed by atoms with Gasteiger partial charge in [0.15, 0.2) is 0 Å². The van der Waals surface area contributed by atoms with Gasteiger partial charge in [-0.1, -0.05) is 6.92 Å². The Hall–Kier alpha value is -1.40. The van der Waals surface area contributed by atoms with Crippen LogP contribution in [0.4, 0.5) is 0 Å². The highest BCUT2D eigenvalue weighted by molar-refractivity contribution is 7.14. The topological polar surface area (TPSA) is 67.4 Å². The van der Waals surface area contributed by atoms with E-state index in [0.29, 0.717) is 24.5 Å². The zero-order chi connectivity index (χ0) is 13.8. The molecule has 0 saturated carbocycles. The maximum Gasteiger partial charge on any atom is 0.279 e. The van der Waals surface area contributed by atoms with Gasteiger partial charge in [-0.25, -0.2) is 0 Å². The molecule has 5 nitrogen and oxygen atoms in total. The molecule has 0 spiro atoms. The quantitative estimate of drug-likeness (QED) is 0.824. The standard InChI is InChI=1S/C13H18N2O3S/c1-3-10-8(2)6-11(19-10)13(17)15-14-12(16)9-4-5-18-7-9/h6,9H,3-5,7H2,1-2H3,(H,14,16)(H,15,17)/t9-/m0/s1. The number of ether oxygens (including phenoxy) is 1. The van der Waals surface area contributed by atoms with Crippen molar-refractivity contribution in [1.29, 1.82) is 0 Å². The molecule has 0 radical (unpaired) electrons. The van der Waals surface area contributed by atoms with Crippen LogP contribution in [0.5, 0.6) is 0 Å². The lowest BCUT2D eigenvalue weighted by Gasteiger charge is -2.09. The second-order valence-electron chi connectivity index (χ2n) is 4.57. The summed E-state index contributed by atoms with van der Waals surface area (Å²) < 4.78 is 5.13. The minimum Gasteiger partial charge on any atom is -0.381 e. The zero-order valence-corrected chi connectivity index (χ0v) is 11.9. The van der Waals surface area contributed by atoms with Gasteiger partial charge < -0.3 is 4.74 Å². The lowest BCUT2D eigenvalue weighted by molar-refractivity contribution is -0.125. The van der Waals surface area contributed by atoms with Crippen LogP contribution in [-0.2, 0) is 16.0 Å². The van der Waals surface area contributed by atoms with E-state index < -0.39 is 0 Å². The first kappa shape index (κ1) is 14.0. The van der Waals surface area contributed by atoms with Gasteiger partial charge in [0.25, 0.3) is 5.91 Å². The van der Waals surface area contributed by atoms with Crippen molar-refractivity contribution in [1.82, 2.24) is 10.9 Å². The average Bonchev–Trinajstić information content (AvgIpc) is 3.04. The van der Waals surface area contributed by atoms with Crippen LogP contribution < -0.4 is 10.9 Å². The number of thiophene rings is 1. The van der Waals surface area contributed by atoms with Crippen LogP contribution in [0.2, 0.25) is 0 Å². The Bertz CT molecular complexity index is 478. The zero-order valence-electron chi connectivity index (χ0n) is 11.1. The van der Waals surface area contributed by atoms with Gasteiger partial charge in [-0.2, -0.15) is 0 Å². The van der Waals surface area contributed by atoms with Crippen LogP contribution in [-0.4, -0.2) is 25.0 Å². The fourth-order valence-electron chi connectivity index (χ4n) is 2.01. The second kappa shape index (κ2) is 6.16. The summed E-state index contributed by atoms with van der Waals surface area (Å²) in [5, 5.41) is 0. The number of carbonyl (C=O) groups is 2. The fourth-order valence-corrected chi connectivity index (χ4v) is 3.02. The molecule has 0 aromatic carbocycles. The number of amides is 2. The molecule has 2 N–H and O–H groups in total. The summed E-state index contributed by atoms with van der Waals surface area (Å²) >= 11 is 1.46. The molecular weight excluding hydrogens is 264 g/mol. The maximum atomic E-state index is 11.9. The Kier molecular flexibility index (Phi) is 4.55. The summed E-state index contributed by atoms with van der Waals surface area (Å²) in [4.78, 5) is 25.4. The molecule has 2 rings (SSSR count). The third-order valence-electron chi connectivity index (χ3n) is 3.17. The van der Waals surface area contributed by atoms with E-state index in [2.05, 4.69) is 17.8 Å². The van der Waals surface area contributed by atoms with E-state index in [1.807, 2.05) is 13.0 Å². The maximum absolute atomic E-state index is 11.9. The molecule has 0 unspecified atom stereocenters. The van der Waals surface area contributed by atoms with Crippen molar-refractivity contribution in [3.8, 4) is 0 Å². The molecule has 1 fully saturated rings. The van der Waals surface area contributed by atoms with Crippen molar-refractivity contribution < 1.29 is 14.3 Å². The summed E-state index contributed by atoms with van der Waals surface area (Å²) in [6.45, 7) is 5.08.